The van der Waals surface area contributed by atoms with Crippen LogP contribution < -0.4 is 4.74 Å². The Bertz CT molecular complexity index is 699. The molecule has 1 aliphatic rings. The number of carboxylic acids is 1. The molecule has 0 saturated heterocycles. The Morgan fingerprint density at radius 2 is 1.88 bits per heavy atom. The van der Waals surface area contributed by atoms with Gasteiger partial charge in [-0.1, -0.05) is 41.7 Å². The molecule has 1 aromatic carbocycles. The van der Waals surface area contributed by atoms with E-state index in [1.54, 1.807) is 0 Å². The quantitative estimate of drug-likeness (QED) is 0.352. The van der Waals surface area contributed by atoms with Gasteiger partial charge in [0.25, 0.3) is 0 Å². The van der Waals surface area contributed by atoms with Crippen LogP contribution in [0.4, 0.5) is 0 Å². The molecule has 1 atom stereocenters. The van der Waals surface area contributed by atoms with E-state index in [1.807, 2.05) is 6.92 Å². The highest BCUT2D eigenvalue weighted by Crippen LogP contribution is 2.40. The Balaban J connectivity index is 2.29. The van der Waals surface area contributed by atoms with Crippen LogP contribution in [-0.4, -0.2) is 29.6 Å². The Morgan fingerprint density at radius 3 is 2.42 bits per heavy atom. The van der Waals surface area contributed by atoms with E-state index in [9.17, 15) is 14.4 Å². The predicted octanol–water partition coefficient (Wildman–Crippen LogP) is 3.84. The van der Waals surface area contributed by atoms with Gasteiger partial charge in [-0.3, -0.25) is 0 Å². The molecule has 24 heavy (non-hydrogen) atoms. The van der Waals surface area contributed by atoms with Crippen LogP contribution in [0.15, 0.2) is 6.07 Å². The third-order valence-electron chi connectivity index (χ3n) is 3.60. The number of carbonyl (C=O) groups excluding carboxylic acids is 2. The van der Waals surface area contributed by atoms with E-state index in [0.717, 1.165) is 18.9 Å². The second kappa shape index (κ2) is 7.59. The third-order valence-corrected chi connectivity index (χ3v) is 4.67. The van der Waals surface area contributed by atoms with Crippen molar-refractivity contribution in [3.63, 3.8) is 0 Å². The predicted molar refractivity (Wildman–Crippen MR) is 86.9 cm³/mol. The monoisotopic (exact) mass is 394 g/mol. The summed E-state index contributed by atoms with van der Waals surface area (Å²) in [6.07, 6.45) is 2.17. The van der Waals surface area contributed by atoms with E-state index in [-0.39, 0.29) is 33.2 Å². The first-order valence-corrected chi connectivity index (χ1v) is 8.15. The van der Waals surface area contributed by atoms with Crippen molar-refractivity contribution >= 4 is 52.7 Å². The number of rotatable bonds is 5. The number of halogens is 3. The summed E-state index contributed by atoms with van der Waals surface area (Å²) < 4.78 is 9.83. The average Bonchev–Trinajstić information content (AvgIpc) is 3.34. The summed E-state index contributed by atoms with van der Waals surface area (Å²) in [5, 5.41) is 8.11. The molecule has 1 unspecified atom stereocenters. The minimum atomic E-state index is -1.85. The van der Waals surface area contributed by atoms with Gasteiger partial charge in [-0.2, -0.15) is 0 Å². The highest BCUT2D eigenvalue weighted by molar-refractivity contribution is 6.46. The van der Waals surface area contributed by atoms with Crippen LogP contribution in [0.25, 0.3) is 0 Å². The summed E-state index contributed by atoms with van der Waals surface area (Å²) in [7, 11) is 0. The number of esters is 2. The smallest absolute Gasteiger partial charge is 0.422 e. The molecule has 0 aliphatic heterocycles. The lowest BCUT2D eigenvalue weighted by molar-refractivity contribution is -0.158. The SMILES string of the molecule is CC(COC(=O)c1c(Cl)c(Cl)cc(Cl)c1OC(=O)C(=O)O)C1CC1. The molecule has 0 spiro atoms. The molecule has 0 heterocycles. The molecular formula is C15H13Cl3O6. The van der Waals surface area contributed by atoms with Gasteiger partial charge in [-0.15, -0.1) is 0 Å². The standard InChI is InChI=1S/C15H13Cl3O6/c1-6(7-2-3-7)5-23-14(21)10-11(18)8(16)4-9(17)12(10)24-15(22)13(19)20/h4,6-7H,2-3,5H2,1H3,(H,19,20). The van der Waals surface area contributed by atoms with E-state index >= 15 is 0 Å². The normalized spacial score (nSPS) is 14.8. The summed E-state index contributed by atoms with van der Waals surface area (Å²) in [6, 6.07) is 1.14. The first-order valence-electron chi connectivity index (χ1n) is 7.02. The van der Waals surface area contributed by atoms with Crippen LogP contribution in [-0.2, 0) is 14.3 Å². The number of hydrogen-bond donors (Lipinski definition) is 1. The largest absolute Gasteiger partial charge is 0.473 e. The minimum Gasteiger partial charge on any atom is -0.473 e. The van der Waals surface area contributed by atoms with Crippen molar-refractivity contribution in [2.45, 2.75) is 19.8 Å². The maximum Gasteiger partial charge on any atom is 0.422 e. The first kappa shape index (κ1) is 18.8. The summed E-state index contributed by atoms with van der Waals surface area (Å²) in [5.74, 6) is -4.17. The van der Waals surface area contributed by atoms with Crippen molar-refractivity contribution in [2.24, 2.45) is 11.8 Å². The molecule has 0 radical (unpaired) electrons. The van der Waals surface area contributed by atoms with Crippen LogP contribution in [0.3, 0.4) is 0 Å². The highest BCUT2D eigenvalue weighted by atomic mass is 35.5. The molecule has 1 aromatic rings. The van der Waals surface area contributed by atoms with E-state index in [1.165, 1.54) is 0 Å². The number of carboxylic acid groups (broad SMARTS) is 1. The molecule has 2 rings (SSSR count). The van der Waals surface area contributed by atoms with Gasteiger partial charge >= 0.3 is 17.9 Å². The lowest BCUT2D eigenvalue weighted by Gasteiger charge is -2.15. The summed E-state index contributed by atoms with van der Waals surface area (Å²) in [6.45, 7) is 2.10. The van der Waals surface area contributed by atoms with E-state index < -0.39 is 23.7 Å². The lowest BCUT2D eigenvalue weighted by Crippen LogP contribution is -2.22. The van der Waals surface area contributed by atoms with Gasteiger partial charge in [0.1, 0.15) is 5.56 Å². The molecule has 1 aliphatic carbocycles. The molecule has 1 N–H and O–H groups in total. The number of aliphatic carboxylic acids is 1. The zero-order valence-corrected chi connectivity index (χ0v) is 14.7. The Hall–Kier alpha value is -1.50. The van der Waals surface area contributed by atoms with Gasteiger partial charge in [0.15, 0.2) is 5.75 Å². The lowest BCUT2D eigenvalue weighted by atomic mass is 10.1. The van der Waals surface area contributed by atoms with Crippen LogP contribution in [0, 0.1) is 11.8 Å². The molecule has 6 nitrogen and oxygen atoms in total. The number of benzene rings is 1. The minimum absolute atomic E-state index is 0.0565. The van der Waals surface area contributed by atoms with E-state index in [4.69, 9.17) is 44.6 Å². The first-order chi connectivity index (χ1) is 11.2. The number of ether oxygens (including phenoxy) is 2. The van der Waals surface area contributed by atoms with Crippen molar-refractivity contribution in [1.82, 2.24) is 0 Å². The van der Waals surface area contributed by atoms with Gasteiger partial charge in [0, 0.05) is 0 Å². The molecular weight excluding hydrogens is 383 g/mol. The van der Waals surface area contributed by atoms with Crippen molar-refractivity contribution in [2.75, 3.05) is 6.61 Å². The molecule has 9 heteroatoms. The third kappa shape index (κ3) is 4.32. The fourth-order valence-corrected chi connectivity index (χ4v) is 2.80. The van der Waals surface area contributed by atoms with Gasteiger partial charge in [0.2, 0.25) is 0 Å². The second-order valence-electron chi connectivity index (χ2n) is 5.47. The topological polar surface area (TPSA) is 89.9 Å². The van der Waals surface area contributed by atoms with Crippen LogP contribution >= 0.6 is 34.8 Å². The van der Waals surface area contributed by atoms with Crippen LogP contribution in [0.1, 0.15) is 30.1 Å². The number of carbonyl (C=O) groups is 3. The average molecular weight is 396 g/mol. The van der Waals surface area contributed by atoms with E-state index in [2.05, 4.69) is 4.74 Å². The summed E-state index contributed by atoms with van der Waals surface area (Å²) >= 11 is 17.8. The number of hydrogen-bond acceptors (Lipinski definition) is 5. The zero-order chi connectivity index (χ0) is 18.0. The van der Waals surface area contributed by atoms with Crippen LogP contribution in [0.2, 0.25) is 15.1 Å². The van der Waals surface area contributed by atoms with Crippen molar-refractivity contribution in [1.29, 1.82) is 0 Å². The highest BCUT2D eigenvalue weighted by Gasteiger charge is 2.31. The second-order valence-corrected chi connectivity index (χ2v) is 6.66. The fraction of sp³-hybridized carbons (Fsp3) is 0.400. The molecule has 130 valence electrons. The summed E-state index contributed by atoms with van der Waals surface area (Å²) in [4.78, 5) is 34.3. The summed E-state index contributed by atoms with van der Waals surface area (Å²) in [5.41, 5.74) is -0.383. The zero-order valence-electron chi connectivity index (χ0n) is 12.5. The van der Waals surface area contributed by atoms with Crippen molar-refractivity contribution < 1.29 is 29.0 Å². The Kier molecular flexibility index (Phi) is 5.96. The van der Waals surface area contributed by atoms with Crippen LogP contribution in [0.5, 0.6) is 5.75 Å². The fourth-order valence-electron chi connectivity index (χ4n) is 2.08. The molecule has 1 fully saturated rings. The molecule has 0 amide bonds. The molecule has 0 aromatic heterocycles. The Labute approximate surface area is 152 Å². The van der Waals surface area contributed by atoms with Gasteiger partial charge in [-0.05, 0) is 30.7 Å². The van der Waals surface area contributed by atoms with E-state index in [0.29, 0.717) is 5.92 Å². The van der Waals surface area contributed by atoms with Gasteiger partial charge in [0.05, 0.1) is 21.7 Å². The van der Waals surface area contributed by atoms with Gasteiger partial charge in [-0.25, -0.2) is 14.4 Å². The Morgan fingerprint density at radius 1 is 1.25 bits per heavy atom. The van der Waals surface area contributed by atoms with Crippen molar-refractivity contribution in [3.05, 3.63) is 26.7 Å². The molecule has 0 bridgehead atoms. The van der Waals surface area contributed by atoms with Crippen molar-refractivity contribution in [3.8, 4) is 5.75 Å². The van der Waals surface area contributed by atoms with Gasteiger partial charge < -0.3 is 14.6 Å². The maximum atomic E-state index is 12.3. The molecule has 1 saturated carbocycles. The maximum absolute atomic E-state index is 12.3.